The van der Waals surface area contributed by atoms with Gasteiger partial charge in [-0.15, -0.1) is 0 Å². The first-order valence-corrected chi connectivity index (χ1v) is 9.41. The Labute approximate surface area is 165 Å². The topological polar surface area (TPSA) is 63.2 Å². The molecular weight excluding hydrogens is 350 g/mol. The normalized spacial score (nSPS) is 10.4. The van der Waals surface area contributed by atoms with E-state index in [2.05, 4.69) is 34.7 Å². The maximum Gasteiger partial charge on any atom is 0.269 e. The molecule has 0 saturated carbocycles. The molecule has 2 N–H and O–H groups in total. The molecule has 0 aliphatic carbocycles. The number of nitrogens with zero attached hydrogens (tertiary/aromatic N) is 1. The summed E-state index contributed by atoms with van der Waals surface area (Å²) in [5.41, 5.74) is 4.68. The van der Waals surface area contributed by atoms with Gasteiger partial charge in [0.1, 0.15) is 11.4 Å². The van der Waals surface area contributed by atoms with Crippen molar-refractivity contribution in [2.24, 2.45) is 0 Å². The summed E-state index contributed by atoms with van der Waals surface area (Å²) in [7, 11) is 1.64. The van der Waals surface area contributed by atoms with Gasteiger partial charge in [-0.3, -0.25) is 4.79 Å². The van der Waals surface area contributed by atoms with Crippen molar-refractivity contribution >= 4 is 17.3 Å². The van der Waals surface area contributed by atoms with E-state index in [-0.39, 0.29) is 5.91 Å². The highest BCUT2D eigenvalue weighted by Crippen LogP contribution is 2.17. The molecule has 0 unspecified atom stereocenters. The second kappa shape index (κ2) is 9.55. The first-order chi connectivity index (χ1) is 13.7. The number of pyridine rings is 1. The summed E-state index contributed by atoms with van der Waals surface area (Å²) < 4.78 is 5.14. The number of hydrogen-bond acceptors (Lipinski definition) is 4. The van der Waals surface area contributed by atoms with E-state index in [1.54, 1.807) is 19.4 Å². The van der Waals surface area contributed by atoms with E-state index in [4.69, 9.17) is 4.74 Å². The SMILES string of the molecule is CCc1ccc(Nc2ccc(C(=O)NCCc3ccc(OC)cc3)nc2)cc1. The zero-order chi connectivity index (χ0) is 19.8. The molecule has 144 valence electrons. The van der Waals surface area contributed by atoms with Gasteiger partial charge in [0.05, 0.1) is 19.0 Å². The second-order valence-corrected chi connectivity index (χ2v) is 6.46. The van der Waals surface area contributed by atoms with Crippen LogP contribution in [0.1, 0.15) is 28.5 Å². The second-order valence-electron chi connectivity index (χ2n) is 6.46. The average Bonchev–Trinajstić information content (AvgIpc) is 2.75. The largest absolute Gasteiger partial charge is 0.497 e. The Bertz CT molecular complexity index is 889. The van der Waals surface area contributed by atoms with Gasteiger partial charge in [-0.1, -0.05) is 31.2 Å². The smallest absolute Gasteiger partial charge is 0.269 e. The molecule has 0 atom stereocenters. The minimum absolute atomic E-state index is 0.174. The van der Waals surface area contributed by atoms with E-state index in [1.807, 2.05) is 42.5 Å². The Morgan fingerprint density at radius 2 is 1.61 bits per heavy atom. The number of anilines is 2. The molecule has 5 nitrogen and oxygen atoms in total. The van der Waals surface area contributed by atoms with E-state index in [1.165, 1.54) is 5.56 Å². The Balaban J connectivity index is 1.49. The fraction of sp³-hybridized carbons (Fsp3) is 0.217. The van der Waals surface area contributed by atoms with Crippen LogP contribution in [0.4, 0.5) is 11.4 Å². The lowest BCUT2D eigenvalue weighted by Crippen LogP contribution is -2.26. The first-order valence-electron chi connectivity index (χ1n) is 9.41. The molecular formula is C23H25N3O2. The maximum atomic E-state index is 12.3. The van der Waals surface area contributed by atoms with Crippen LogP contribution < -0.4 is 15.4 Å². The van der Waals surface area contributed by atoms with Gasteiger partial charge in [0.25, 0.3) is 5.91 Å². The Morgan fingerprint density at radius 1 is 0.929 bits per heavy atom. The fourth-order valence-electron chi connectivity index (χ4n) is 2.80. The molecule has 28 heavy (non-hydrogen) atoms. The van der Waals surface area contributed by atoms with Crippen molar-refractivity contribution in [2.75, 3.05) is 19.0 Å². The molecule has 1 heterocycles. The number of ether oxygens (including phenoxy) is 1. The molecule has 3 rings (SSSR count). The Kier molecular flexibility index (Phi) is 6.63. The number of methoxy groups -OCH3 is 1. The average molecular weight is 375 g/mol. The first kappa shape index (κ1) is 19.4. The van der Waals surface area contributed by atoms with Crippen molar-refractivity contribution in [1.82, 2.24) is 10.3 Å². The fourth-order valence-corrected chi connectivity index (χ4v) is 2.80. The summed E-state index contributed by atoms with van der Waals surface area (Å²) in [6, 6.07) is 19.7. The minimum Gasteiger partial charge on any atom is -0.497 e. The van der Waals surface area contributed by atoms with Crippen LogP contribution in [0, 0.1) is 0 Å². The van der Waals surface area contributed by atoms with Gasteiger partial charge in [0, 0.05) is 12.2 Å². The van der Waals surface area contributed by atoms with Crippen molar-refractivity contribution in [3.05, 3.63) is 83.7 Å². The maximum absolute atomic E-state index is 12.3. The van der Waals surface area contributed by atoms with E-state index in [0.717, 1.165) is 35.5 Å². The molecule has 0 spiro atoms. The molecule has 0 aliphatic heterocycles. The lowest BCUT2D eigenvalue weighted by molar-refractivity contribution is 0.0949. The summed E-state index contributed by atoms with van der Waals surface area (Å²) in [5.74, 6) is 0.652. The zero-order valence-electron chi connectivity index (χ0n) is 16.2. The quantitative estimate of drug-likeness (QED) is 0.614. The van der Waals surface area contributed by atoms with E-state index in [0.29, 0.717) is 12.2 Å². The highest BCUT2D eigenvalue weighted by atomic mass is 16.5. The van der Waals surface area contributed by atoms with Gasteiger partial charge in [-0.05, 0) is 60.4 Å². The highest BCUT2D eigenvalue weighted by Gasteiger charge is 2.07. The van der Waals surface area contributed by atoms with Crippen LogP contribution >= 0.6 is 0 Å². The van der Waals surface area contributed by atoms with E-state index < -0.39 is 0 Å². The van der Waals surface area contributed by atoms with Crippen LogP contribution in [0.3, 0.4) is 0 Å². The molecule has 0 radical (unpaired) electrons. The number of hydrogen-bond donors (Lipinski definition) is 2. The van der Waals surface area contributed by atoms with Gasteiger partial charge < -0.3 is 15.4 Å². The summed E-state index contributed by atoms with van der Waals surface area (Å²) >= 11 is 0. The number of aromatic nitrogens is 1. The Morgan fingerprint density at radius 3 is 2.21 bits per heavy atom. The Hall–Kier alpha value is -3.34. The molecule has 2 aromatic carbocycles. The molecule has 0 saturated heterocycles. The summed E-state index contributed by atoms with van der Waals surface area (Å²) in [6.45, 7) is 2.68. The lowest BCUT2D eigenvalue weighted by Gasteiger charge is -2.08. The number of benzene rings is 2. The third-order valence-corrected chi connectivity index (χ3v) is 4.51. The lowest BCUT2D eigenvalue weighted by atomic mass is 10.1. The molecule has 1 amide bonds. The summed E-state index contributed by atoms with van der Waals surface area (Å²) in [4.78, 5) is 16.5. The van der Waals surface area contributed by atoms with Crippen molar-refractivity contribution in [1.29, 1.82) is 0 Å². The zero-order valence-corrected chi connectivity index (χ0v) is 16.2. The number of nitrogens with one attached hydrogen (secondary N) is 2. The molecule has 0 aliphatic rings. The monoisotopic (exact) mass is 375 g/mol. The summed E-state index contributed by atoms with van der Waals surface area (Å²) in [5, 5.41) is 6.20. The minimum atomic E-state index is -0.174. The van der Waals surface area contributed by atoms with Gasteiger partial charge in [0.2, 0.25) is 0 Å². The van der Waals surface area contributed by atoms with E-state index in [9.17, 15) is 4.79 Å². The van der Waals surface area contributed by atoms with Crippen molar-refractivity contribution in [3.63, 3.8) is 0 Å². The number of carbonyl (C=O) groups is 1. The van der Waals surface area contributed by atoms with E-state index >= 15 is 0 Å². The third-order valence-electron chi connectivity index (χ3n) is 4.51. The van der Waals surface area contributed by atoms with Crippen molar-refractivity contribution in [3.8, 4) is 5.75 Å². The van der Waals surface area contributed by atoms with Gasteiger partial charge in [-0.2, -0.15) is 0 Å². The van der Waals surface area contributed by atoms with Crippen molar-refractivity contribution in [2.45, 2.75) is 19.8 Å². The standard InChI is InChI=1S/C23H25N3O2/c1-3-17-4-8-19(9-5-17)26-20-10-13-22(25-16-20)23(27)24-15-14-18-6-11-21(28-2)12-7-18/h4-13,16,26H,3,14-15H2,1-2H3,(H,24,27). The van der Waals surface area contributed by atoms with Crippen LogP contribution in [0.25, 0.3) is 0 Å². The van der Waals surface area contributed by atoms with Crippen LogP contribution in [0.2, 0.25) is 0 Å². The number of rotatable bonds is 8. The van der Waals surface area contributed by atoms with Crippen LogP contribution in [-0.2, 0) is 12.8 Å². The number of amides is 1. The van der Waals surface area contributed by atoms with Gasteiger partial charge in [0.15, 0.2) is 0 Å². The van der Waals surface area contributed by atoms with Crippen LogP contribution in [0.5, 0.6) is 5.75 Å². The number of aryl methyl sites for hydroxylation is 1. The third kappa shape index (κ3) is 5.33. The molecule has 1 aromatic heterocycles. The predicted molar refractivity (Wildman–Crippen MR) is 112 cm³/mol. The molecule has 3 aromatic rings. The van der Waals surface area contributed by atoms with Gasteiger partial charge >= 0.3 is 0 Å². The molecule has 0 bridgehead atoms. The summed E-state index contributed by atoms with van der Waals surface area (Å²) in [6.07, 6.45) is 3.44. The predicted octanol–water partition coefficient (Wildman–Crippen LogP) is 4.37. The van der Waals surface area contributed by atoms with Gasteiger partial charge in [-0.25, -0.2) is 4.98 Å². The van der Waals surface area contributed by atoms with Crippen molar-refractivity contribution < 1.29 is 9.53 Å². The van der Waals surface area contributed by atoms with Crippen LogP contribution in [0.15, 0.2) is 66.9 Å². The number of carbonyl (C=O) groups excluding carboxylic acids is 1. The molecule has 5 heteroatoms. The molecule has 0 fully saturated rings. The van der Waals surface area contributed by atoms with Crippen LogP contribution in [-0.4, -0.2) is 24.5 Å². The highest BCUT2D eigenvalue weighted by molar-refractivity contribution is 5.92.